The van der Waals surface area contributed by atoms with Gasteiger partial charge < -0.3 is 10.2 Å². The van der Waals surface area contributed by atoms with Crippen molar-refractivity contribution in [2.24, 2.45) is 0 Å². The van der Waals surface area contributed by atoms with Gasteiger partial charge in [0.1, 0.15) is 16.9 Å². The van der Waals surface area contributed by atoms with Crippen molar-refractivity contribution in [1.29, 1.82) is 0 Å². The zero-order chi connectivity index (χ0) is 11.9. The molecular formula is C11H9ClO4. The molecule has 0 atom stereocenters. The van der Waals surface area contributed by atoms with E-state index >= 15 is 0 Å². The molecule has 2 N–H and O–H groups in total. The van der Waals surface area contributed by atoms with E-state index in [1.54, 1.807) is 0 Å². The monoisotopic (exact) mass is 240 g/mol. The van der Waals surface area contributed by atoms with Crippen LogP contribution in [0.15, 0.2) is 18.2 Å². The summed E-state index contributed by atoms with van der Waals surface area (Å²) in [5, 5.41) is 19.1. The van der Waals surface area contributed by atoms with E-state index in [4.69, 9.17) is 16.7 Å². The van der Waals surface area contributed by atoms with Crippen LogP contribution in [0, 0.1) is 0 Å². The molecule has 2 rings (SSSR count). The second-order valence-corrected chi connectivity index (χ2v) is 4.38. The van der Waals surface area contributed by atoms with Crippen molar-refractivity contribution in [2.45, 2.75) is 18.3 Å². The van der Waals surface area contributed by atoms with Crippen molar-refractivity contribution in [3.05, 3.63) is 28.8 Å². The molecule has 1 aromatic carbocycles. The van der Waals surface area contributed by atoms with Gasteiger partial charge in [0.25, 0.3) is 0 Å². The van der Waals surface area contributed by atoms with Crippen molar-refractivity contribution in [3.8, 4) is 5.75 Å². The number of halogens is 1. The standard InChI is InChI=1S/C11H9ClO4/c12-6-1-2-8(9(14)3-6)11(10(15)16)4-7(13)5-11/h1-3,14H,4-5H2,(H,15,16). The highest BCUT2D eigenvalue weighted by Gasteiger charge is 2.52. The number of phenols is 1. The summed E-state index contributed by atoms with van der Waals surface area (Å²) in [4.78, 5) is 22.2. The maximum atomic E-state index is 11.2. The van der Waals surface area contributed by atoms with Crippen LogP contribution in [0.2, 0.25) is 5.02 Å². The number of phenolic OH excluding ortho intramolecular Hbond substituents is 1. The number of ketones is 1. The number of Topliss-reactive ketones (excluding diaryl/α,β-unsaturated/α-hetero) is 1. The minimum atomic E-state index is -1.27. The maximum Gasteiger partial charge on any atom is 0.315 e. The Balaban J connectivity index is 2.49. The van der Waals surface area contributed by atoms with Crippen molar-refractivity contribution in [2.75, 3.05) is 0 Å². The summed E-state index contributed by atoms with van der Waals surface area (Å²) in [5.41, 5.74) is -1.02. The zero-order valence-electron chi connectivity index (χ0n) is 8.24. The van der Waals surface area contributed by atoms with E-state index in [1.165, 1.54) is 18.2 Å². The lowest BCUT2D eigenvalue weighted by atomic mass is 9.63. The van der Waals surface area contributed by atoms with Gasteiger partial charge in [-0.25, -0.2) is 0 Å². The third-order valence-corrected chi connectivity index (χ3v) is 3.12. The Hall–Kier alpha value is -1.55. The van der Waals surface area contributed by atoms with Crippen LogP contribution in [0.4, 0.5) is 0 Å². The van der Waals surface area contributed by atoms with Gasteiger partial charge in [-0.1, -0.05) is 17.7 Å². The summed E-state index contributed by atoms with van der Waals surface area (Å²) in [6.07, 6.45) is -0.144. The van der Waals surface area contributed by atoms with E-state index < -0.39 is 11.4 Å². The van der Waals surface area contributed by atoms with Gasteiger partial charge in [-0.3, -0.25) is 9.59 Å². The molecule has 0 bridgehead atoms. The molecule has 0 saturated heterocycles. The number of carboxylic acids is 1. The van der Waals surface area contributed by atoms with Gasteiger partial charge in [0.15, 0.2) is 0 Å². The van der Waals surface area contributed by atoms with Gasteiger partial charge in [-0.15, -0.1) is 0 Å². The molecule has 1 aliphatic rings. The summed E-state index contributed by atoms with van der Waals surface area (Å²) >= 11 is 5.66. The quantitative estimate of drug-likeness (QED) is 0.826. The molecule has 84 valence electrons. The van der Waals surface area contributed by atoms with Crippen molar-refractivity contribution in [1.82, 2.24) is 0 Å². The number of carbonyl (C=O) groups excluding carboxylic acids is 1. The molecule has 1 aliphatic carbocycles. The van der Waals surface area contributed by atoms with Crippen LogP contribution in [-0.4, -0.2) is 22.0 Å². The van der Waals surface area contributed by atoms with E-state index in [2.05, 4.69) is 0 Å². The number of hydrogen-bond donors (Lipinski definition) is 2. The van der Waals surface area contributed by atoms with Crippen molar-refractivity contribution in [3.63, 3.8) is 0 Å². The Labute approximate surface area is 96.5 Å². The third-order valence-electron chi connectivity index (χ3n) is 2.88. The van der Waals surface area contributed by atoms with Gasteiger partial charge in [0, 0.05) is 23.4 Å². The predicted molar refractivity (Wildman–Crippen MR) is 56.7 cm³/mol. The van der Waals surface area contributed by atoms with E-state index in [9.17, 15) is 14.7 Å². The Morgan fingerprint density at radius 3 is 2.44 bits per heavy atom. The highest BCUT2D eigenvalue weighted by atomic mass is 35.5. The first-order chi connectivity index (χ1) is 7.45. The Bertz CT molecular complexity index is 473. The first kappa shape index (κ1) is 11.0. The highest BCUT2D eigenvalue weighted by molar-refractivity contribution is 6.30. The summed E-state index contributed by atoms with van der Waals surface area (Å²) in [6, 6.07) is 4.24. The third kappa shape index (κ3) is 1.46. The van der Waals surface area contributed by atoms with Crippen LogP contribution in [0.25, 0.3) is 0 Å². The molecular weight excluding hydrogens is 232 g/mol. The minimum absolute atomic E-state index is 0.0719. The molecule has 1 saturated carbocycles. The first-order valence-corrected chi connectivity index (χ1v) is 5.07. The molecule has 4 nitrogen and oxygen atoms in total. The number of hydrogen-bond acceptors (Lipinski definition) is 3. The molecule has 5 heteroatoms. The normalized spacial score (nSPS) is 17.9. The Morgan fingerprint density at radius 1 is 1.38 bits per heavy atom. The lowest BCUT2D eigenvalue weighted by molar-refractivity contribution is -0.153. The number of aliphatic carboxylic acids is 1. The van der Waals surface area contributed by atoms with Crippen LogP contribution >= 0.6 is 11.6 Å². The SMILES string of the molecule is O=C1CC(C(=O)O)(c2ccc(Cl)cc2O)C1. The number of carbonyl (C=O) groups is 2. The Morgan fingerprint density at radius 2 is 2.00 bits per heavy atom. The molecule has 0 heterocycles. The summed E-state index contributed by atoms with van der Waals surface area (Å²) < 4.78 is 0. The lowest BCUT2D eigenvalue weighted by Crippen LogP contribution is -2.48. The molecule has 0 aliphatic heterocycles. The maximum absolute atomic E-state index is 11.2. The molecule has 1 fully saturated rings. The molecule has 0 amide bonds. The summed E-state index contributed by atoms with van der Waals surface area (Å²) in [7, 11) is 0. The van der Waals surface area contributed by atoms with Gasteiger partial charge in [0.05, 0.1) is 0 Å². The van der Waals surface area contributed by atoms with Gasteiger partial charge >= 0.3 is 5.97 Å². The second-order valence-electron chi connectivity index (χ2n) is 3.94. The van der Waals surface area contributed by atoms with Gasteiger partial charge in [-0.05, 0) is 12.1 Å². The predicted octanol–water partition coefficient (Wildman–Crippen LogP) is 1.73. The highest BCUT2D eigenvalue weighted by Crippen LogP contribution is 2.45. The van der Waals surface area contributed by atoms with E-state index in [1.807, 2.05) is 0 Å². The summed E-state index contributed by atoms with van der Waals surface area (Å²) in [5.74, 6) is -1.39. The van der Waals surface area contributed by atoms with Crippen LogP contribution < -0.4 is 0 Å². The molecule has 0 radical (unpaired) electrons. The topological polar surface area (TPSA) is 74.6 Å². The number of benzene rings is 1. The first-order valence-electron chi connectivity index (χ1n) is 4.70. The average molecular weight is 241 g/mol. The molecule has 0 spiro atoms. The van der Waals surface area contributed by atoms with E-state index in [-0.39, 0.29) is 29.9 Å². The van der Waals surface area contributed by atoms with Crippen LogP contribution in [-0.2, 0) is 15.0 Å². The van der Waals surface area contributed by atoms with Crippen LogP contribution in [0.3, 0.4) is 0 Å². The second kappa shape index (κ2) is 3.49. The number of aromatic hydroxyl groups is 1. The molecule has 16 heavy (non-hydrogen) atoms. The molecule has 1 aromatic rings. The number of rotatable bonds is 2. The zero-order valence-corrected chi connectivity index (χ0v) is 8.99. The Kier molecular flexibility index (Phi) is 2.39. The minimum Gasteiger partial charge on any atom is -0.508 e. The van der Waals surface area contributed by atoms with E-state index in [0.29, 0.717) is 5.02 Å². The van der Waals surface area contributed by atoms with Gasteiger partial charge in [-0.2, -0.15) is 0 Å². The van der Waals surface area contributed by atoms with Crippen molar-refractivity contribution < 1.29 is 19.8 Å². The van der Waals surface area contributed by atoms with Gasteiger partial charge in [0.2, 0.25) is 0 Å². The van der Waals surface area contributed by atoms with E-state index in [0.717, 1.165) is 0 Å². The number of carboxylic acid groups (broad SMARTS) is 1. The molecule has 0 aromatic heterocycles. The largest absolute Gasteiger partial charge is 0.508 e. The fourth-order valence-corrected chi connectivity index (χ4v) is 2.15. The van der Waals surface area contributed by atoms with Crippen LogP contribution in [0.1, 0.15) is 18.4 Å². The molecule has 0 unspecified atom stereocenters. The summed E-state index contributed by atoms with van der Waals surface area (Å²) in [6.45, 7) is 0. The smallest absolute Gasteiger partial charge is 0.315 e. The lowest BCUT2D eigenvalue weighted by Gasteiger charge is -2.36. The average Bonchev–Trinajstić information content (AvgIpc) is 2.12. The van der Waals surface area contributed by atoms with Crippen molar-refractivity contribution >= 4 is 23.4 Å². The fourth-order valence-electron chi connectivity index (χ4n) is 1.99. The fraction of sp³-hybridized carbons (Fsp3) is 0.273. The van der Waals surface area contributed by atoms with Crippen LogP contribution in [0.5, 0.6) is 5.75 Å².